The lowest BCUT2D eigenvalue weighted by molar-refractivity contribution is -0.136. The van der Waals surface area contributed by atoms with Crippen LogP contribution in [0.3, 0.4) is 0 Å². The largest absolute Gasteiger partial charge is 0.417 e. The Balaban J connectivity index is 1.66. The summed E-state index contributed by atoms with van der Waals surface area (Å²) in [5, 5.41) is -0.226. The van der Waals surface area contributed by atoms with E-state index in [2.05, 4.69) is 32.0 Å². The van der Waals surface area contributed by atoms with E-state index in [-0.39, 0.29) is 22.8 Å². The molecule has 5 nitrogen and oxygen atoms in total. The lowest BCUT2D eigenvalue weighted by Crippen LogP contribution is -2.34. The fraction of sp³-hybridized carbons (Fsp3) is 0.350. The van der Waals surface area contributed by atoms with Crippen LogP contribution in [0.25, 0.3) is 11.0 Å². The number of halogens is 3. The maximum absolute atomic E-state index is 13.7. The highest BCUT2D eigenvalue weighted by molar-refractivity contribution is 5.89. The number of nitrogen functional groups attached to an aromatic ring is 1. The van der Waals surface area contributed by atoms with Gasteiger partial charge < -0.3 is 5.73 Å². The molecule has 1 fully saturated rings. The number of nitrogens with zero attached hydrogens (tertiary/aromatic N) is 4. The van der Waals surface area contributed by atoms with Crippen molar-refractivity contribution in [2.75, 3.05) is 18.8 Å². The number of fused-ring (bicyclic) bond motifs is 1. The van der Waals surface area contributed by atoms with Crippen molar-refractivity contribution >= 4 is 16.9 Å². The number of hydrogen-bond donors (Lipinski definition) is 1. The Morgan fingerprint density at radius 2 is 1.93 bits per heavy atom. The maximum atomic E-state index is 13.7. The van der Waals surface area contributed by atoms with Crippen molar-refractivity contribution < 1.29 is 13.2 Å². The molecule has 2 aromatic heterocycles. The summed E-state index contributed by atoms with van der Waals surface area (Å²) < 4.78 is 41.0. The summed E-state index contributed by atoms with van der Waals surface area (Å²) in [5.74, 6) is -0.287. The number of nitrogens with two attached hydrogens (primary N) is 1. The van der Waals surface area contributed by atoms with Gasteiger partial charge in [0.05, 0.1) is 10.9 Å². The molecule has 2 N–H and O–H groups in total. The third kappa shape index (κ3) is 3.77. The summed E-state index contributed by atoms with van der Waals surface area (Å²) in [6, 6.07) is 11.2. The van der Waals surface area contributed by atoms with E-state index in [4.69, 9.17) is 5.73 Å². The number of alkyl halides is 3. The molecule has 1 atom stereocenters. The smallest absolute Gasteiger partial charge is 0.383 e. The topological polar surface area (TPSA) is 67.9 Å². The minimum atomic E-state index is -4.55. The van der Waals surface area contributed by atoms with E-state index in [0.29, 0.717) is 12.2 Å². The molecule has 0 aliphatic carbocycles. The van der Waals surface area contributed by atoms with Gasteiger partial charge in [-0.25, -0.2) is 15.0 Å². The number of hydrogen-bond acceptors (Lipinski definition) is 5. The zero-order valence-electron chi connectivity index (χ0n) is 15.2. The summed E-state index contributed by atoms with van der Waals surface area (Å²) in [6.45, 7) is 2.34. The van der Waals surface area contributed by atoms with Crippen LogP contribution in [0.15, 0.2) is 42.7 Å². The molecule has 28 heavy (non-hydrogen) atoms. The van der Waals surface area contributed by atoms with Crippen LogP contribution in [0, 0.1) is 0 Å². The van der Waals surface area contributed by atoms with Gasteiger partial charge in [-0.15, -0.1) is 0 Å². The fourth-order valence-corrected chi connectivity index (χ4v) is 3.82. The predicted octanol–water partition coefficient (Wildman–Crippen LogP) is 4.01. The van der Waals surface area contributed by atoms with Gasteiger partial charge >= 0.3 is 6.18 Å². The lowest BCUT2D eigenvalue weighted by Gasteiger charge is -2.32. The molecular weight excluding hydrogens is 367 g/mol. The number of rotatable bonds is 3. The van der Waals surface area contributed by atoms with Crippen molar-refractivity contribution in [3.63, 3.8) is 0 Å². The average molecular weight is 387 g/mol. The molecule has 8 heteroatoms. The second-order valence-corrected chi connectivity index (χ2v) is 7.11. The molecule has 1 saturated heterocycles. The second kappa shape index (κ2) is 7.35. The van der Waals surface area contributed by atoms with E-state index < -0.39 is 11.7 Å². The first-order valence-corrected chi connectivity index (χ1v) is 9.16. The van der Waals surface area contributed by atoms with Gasteiger partial charge in [0.1, 0.15) is 12.1 Å². The first kappa shape index (κ1) is 18.6. The van der Waals surface area contributed by atoms with Crippen LogP contribution in [-0.4, -0.2) is 32.9 Å². The van der Waals surface area contributed by atoms with Gasteiger partial charge in [0.2, 0.25) is 0 Å². The third-order valence-electron chi connectivity index (χ3n) is 5.13. The molecule has 3 aromatic rings. The molecule has 1 unspecified atom stereocenters. The molecule has 1 aromatic carbocycles. The third-order valence-corrected chi connectivity index (χ3v) is 5.13. The Bertz CT molecular complexity index is 975. The van der Waals surface area contributed by atoms with Crippen LogP contribution in [-0.2, 0) is 12.7 Å². The second-order valence-electron chi connectivity index (χ2n) is 7.11. The molecular formula is C20H20F3N5. The van der Waals surface area contributed by atoms with Crippen molar-refractivity contribution in [1.29, 1.82) is 0 Å². The summed E-state index contributed by atoms with van der Waals surface area (Å²) in [4.78, 5) is 14.3. The summed E-state index contributed by atoms with van der Waals surface area (Å²) in [6.07, 6.45) is -1.70. The number of anilines is 1. The summed E-state index contributed by atoms with van der Waals surface area (Å²) in [7, 11) is 0. The molecule has 1 aliphatic heterocycles. The van der Waals surface area contributed by atoms with E-state index in [1.54, 1.807) is 0 Å². The first-order valence-electron chi connectivity index (χ1n) is 9.16. The molecule has 4 rings (SSSR count). The molecule has 0 radical (unpaired) electrons. The highest BCUT2D eigenvalue weighted by Gasteiger charge is 2.36. The van der Waals surface area contributed by atoms with E-state index >= 15 is 0 Å². The Morgan fingerprint density at radius 3 is 2.68 bits per heavy atom. The van der Waals surface area contributed by atoms with Gasteiger partial charge in [-0.1, -0.05) is 30.3 Å². The van der Waals surface area contributed by atoms with Crippen molar-refractivity contribution in [3.8, 4) is 0 Å². The molecule has 0 amide bonds. The van der Waals surface area contributed by atoms with Crippen LogP contribution >= 0.6 is 0 Å². The fourth-order valence-electron chi connectivity index (χ4n) is 3.82. The van der Waals surface area contributed by atoms with Gasteiger partial charge in [-0.3, -0.25) is 4.90 Å². The highest BCUT2D eigenvalue weighted by Crippen LogP contribution is 2.38. The van der Waals surface area contributed by atoms with Crippen LogP contribution < -0.4 is 5.73 Å². The normalized spacial score (nSPS) is 18.5. The average Bonchev–Trinajstić information content (AvgIpc) is 2.68. The minimum absolute atomic E-state index is 0.00231. The molecule has 0 saturated carbocycles. The van der Waals surface area contributed by atoms with E-state index in [0.717, 1.165) is 38.3 Å². The number of pyridine rings is 1. The molecule has 0 spiro atoms. The van der Waals surface area contributed by atoms with Crippen molar-refractivity contribution in [2.45, 2.75) is 31.5 Å². The van der Waals surface area contributed by atoms with Crippen LogP contribution in [0.4, 0.5) is 19.0 Å². The molecule has 146 valence electrons. The zero-order valence-corrected chi connectivity index (χ0v) is 15.2. The summed E-state index contributed by atoms with van der Waals surface area (Å²) >= 11 is 0. The van der Waals surface area contributed by atoms with E-state index in [1.165, 1.54) is 5.56 Å². The standard InChI is InChI=1S/C20H20F3N5/c21-20(22,23)15-9-16(27-19-17(15)18(24)25-12-26-19)14-7-4-8-28(11-14)10-13-5-2-1-3-6-13/h1-3,5-6,9,12,14H,4,7-8,10-11H2,(H2,24,25,26,27). The Labute approximate surface area is 160 Å². The van der Waals surface area contributed by atoms with Crippen molar-refractivity contribution in [2.24, 2.45) is 0 Å². The quantitative estimate of drug-likeness (QED) is 0.736. The van der Waals surface area contributed by atoms with Crippen LogP contribution in [0.1, 0.15) is 35.6 Å². The van der Waals surface area contributed by atoms with Crippen molar-refractivity contribution in [1.82, 2.24) is 19.9 Å². The SMILES string of the molecule is Nc1ncnc2nc(C3CCCN(Cc4ccccc4)C3)cc(C(F)(F)F)c12. The Kier molecular flexibility index (Phi) is 4.89. The first-order chi connectivity index (χ1) is 13.4. The van der Waals surface area contributed by atoms with Crippen LogP contribution in [0.5, 0.6) is 0 Å². The van der Waals surface area contributed by atoms with Gasteiger partial charge in [0.25, 0.3) is 0 Å². The lowest BCUT2D eigenvalue weighted by atomic mass is 9.92. The highest BCUT2D eigenvalue weighted by atomic mass is 19.4. The molecule has 1 aliphatic rings. The number of aromatic nitrogens is 3. The van der Waals surface area contributed by atoms with Gasteiger partial charge in [-0.2, -0.15) is 13.2 Å². The van der Waals surface area contributed by atoms with Gasteiger partial charge in [-0.05, 0) is 31.0 Å². The monoisotopic (exact) mass is 387 g/mol. The predicted molar refractivity (Wildman–Crippen MR) is 100 cm³/mol. The Hall–Kier alpha value is -2.74. The number of likely N-dealkylation sites (tertiary alicyclic amines) is 1. The Morgan fingerprint density at radius 1 is 1.14 bits per heavy atom. The zero-order chi connectivity index (χ0) is 19.7. The van der Waals surface area contributed by atoms with Gasteiger partial charge in [0, 0.05) is 24.7 Å². The van der Waals surface area contributed by atoms with Gasteiger partial charge in [0.15, 0.2) is 5.65 Å². The maximum Gasteiger partial charge on any atom is 0.417 e. The molecule has 3 heterocycles. The molecule has 0 bridgehead atoms. The van der Waals surface area contributed by atoms with Crippen LogP contribution in [0.2, 0.25) is 0 Å². The summed E-state index contributed by atoms with van der Waals surface area (Å²) in [5.41, 5.74) is 6.47. The number of benzene rings is 1. The van der Waals surface area contributed by atoms with E-state index in [9.17, 15) is 13.2 Å². The van der Waals surface area contributed by atoms with E-state index in [1.807, 2.05) is 18.2 Å². The minimum Gasteiger partial charge on any atom is -0.383 e. The van der Waals surface area contributed by atoms with Crippen molar-refractivity contribution in [3.05, 3.63) is 59.5 Å². The number of piperidine rings is 1.